The Morgan fingerprint density at radius 1 is 1.21 bits per heavy atom. The van der Waals surface area contributed by atoms with Crippen LogP contribution >= 0.6 is 11.8 Å². The van der Waals surface area contributed by atoms with E-state index in [1.807, 2.05) is 0 Å². The van der Waals surface area contributed by atoms with Crippen molar-refractivity contribution in [2.75, 3.05) is 5.75 Å². The summed E-state index contributed by atoms with van der Waals surface area (Å²) in [5.41, 5.74) is 5.93. The molecule has 1 aromatic rings. The summed E-state index contributed by atoms with van der Waals surface area (Å²) in [5.74, 6) is 7.06. The van der Waals surface area contributed by atoms with Crippen LogP contribution in [0.1, 0.15) is 57.2 Å². The Bertz CT molecular complexity index is 388. The molecule has 0 aliphatic carbocycles. The van der Waals surface area contributed by atoms with Crippen LogP contribution in [-0.4, -0.2) is 11.0 Å². The molecule has 2 atom stereocenters. The molecule has 1 saturated heterocycles. The van der Waals surface area contributed by atoms with Gasteiger partial charge < -0.3 is 0 Å². The number of hydrazine groups is 1. The molecule has 0 radical (unpaired) electrons. The van der Waals surface area contributed by atoms with Gasteiger partial charge in [0.15, 0.2) is 0 Å². The van der Waals surface area contributed by atoms with Gasteiger partial charge in [0.1, 0.15) is 0 Å². The molecule has 0 amide bonds. The maximum Gasteiger partial charge on any atom is 0.0578 e. The van der Waals surface area contributed by atoms with Gasteiger partial charge >= 0.3 is 0 Å². The lowest BCUT2D eigenvalue weighted by molar-refractivity contribution is 0.491. The predicted molar refractivity (Wildman–Crippen MR) is 85.3 cm³/mol. The predicted octanol–water partition coefficient (Wildman–Crippen LogP) is 3.77. The first-order valence-corrected chi connectivity index (χ1v) is 8.25. The van der Waals surface area contributed by atoms with Gasteiger partial charge in [-0.25, -0.2) is 0 Å². The second-order valence-electron chi connectivity index (χ2n) is 6.42. The van der Waals surface area contributed by atoms with Crippen molar-refractivity contribution in [3.63, 3.8) is 0 Å². The monoisotopic (exact) mass is 278 g/mol. The topological polar surface area (TPSA) is 38.0 Å². The fourth-order valence-electron chi connectivity index (χ4n) is 2.64. The molecule has 0 saturated carbocycles. The van der Waals surface area contributed by atoms with Crippen molar-refractivity contribution in [3.05, 3.63) is 35.4 Å². The van der Waals surface area contributed by atoms with E-state index in [1.54, 1.807) is 0 Å². The van der Waals surface area contributed by atoms with Crippen LogP contribution in [-0.2, 0) is 5.41 Å². The van der Waals surface area contributed by atoms with Gasteiger partial charge in [-0.1, -0.05) is 51.5 Å². The van der Waals surface area contributed by atoms with Crippen molar-refractivity contribution in [2.45, 2.75) is 56.7 Å². The summed E-state index contributed by atoms with van der Waals surface area (Å²) >= 11 is 2.06. The second kappa shape index (κ2) is 6.29. The molecule has 3 heteroatoms. The summed E-state index contributed by atoms with van der Waals surface area (Å²) in [7, 11) is 0. The average molecular weight is 278 g/mol. The summed E-state index contributed by atoms with van der Waals surface area (Å²) in [6.07, 6.45) is 3.94. The summed E-state index contributed by atoms with van der Waals surface area (Å²) < 4.78 is 0. The Morgan fingerprint density at radius 2 is 1.89 bits per heavy atom. The zero-order valence-corrected chi connectivity index (χ0v) is 13.1. The highest BCUT2D eigenvalue weighted by Crippen LogP contribution is 2.35. The molecule has 2 rings (SSSR count). The van der Waals surface area contributed by atoms with Crippen molar-refractivity contribution in [2.24, 2.45) is 5.84 Å². The van der Waals surface area contributed by atoms with E-state index in [9.17, 15) is 0 Å². The maximum absolute atomic E-state index is 5.80. The second-order valence-corrected chi connectivity index (χ2v) is 7.77. The van der Waals surface area contributed by atoms with Gasteiger partial charge in [-0.2, -0.15) is 11.8 Å². The SMILES string of the molecule is CC(C)(C)c1ccc(C(NN)C2CCCCS2)cc1. The zero-order chi connectivity index (χ0) is 13.9. The fourth-order valence-corrected chi connectivity index (χ4v) is 4.07. The Kier molecular flexibility index (Phi) is 4.93. The number of nitrogens with two attached hydrogens (primary N) is 1. The summed E-state index contributed by atoms with van der Waals surface area (Å²) in [6, 6.07) is 9.24. The van der Waals surface area contributed by atoms with E-state index in [0.717, 1.165) is 0 Å². The minimum atomic E-state index is 0.212. The molecule has 1 aliphatic heterocycles. The first-order chi connectivity index (χ1) is 9.02. The molecule has 1 heterocycles. The zero-order valence-electron chi connectivity index (χ0n) is 12.3. The third kappa shape index (κ3) is 3.74. The lowest BCUT2D eigenvalue weighted by Crippen LogP contribution is -2.36. The standard InChI is InChI=1S/C16H26N2S/c1-16(2,3)13-9-7-12(8-10-13)15(18-17)14-6-4-5-11-19-14/h7-10,14-15,18H,4-6,11,17H2,1-3H3. The third-order valence-electron chi connectivity index (χ3n) is 3.90. The van der Waals surface area contributed by atoms with E-state index < -0.39 is 0 Å². The van der Waals surface area contributed by atoms with Crippen molar-refractivity contribution >= 4 is 11.8 Å². The van der Waals surface area contributed by atoms with Gasteiger partial charge in [-0.05, 0) is 35.1 Å². The highest BCUT2D eigenvalue weighted by molar-refractivity contribution is 8.00. The Morgan fingerprint density at radius 3 is 2.37 bits per heavy atom. The Balaban J connectivity index is 2.14. The largest absolute Gasteiger partial charge is 0.271 e. The molecule has 2 unspecified atom stereocenters. The average Bonchev–Trinajstić information content (AvgIpc) is 2.40. The molecule has 19 heavy (non-hydrogen) atoms. The van der Waals surface area contributed by atoms with E-state index in [1.165, 1.54) is 36.1 Å². The first kappa shape index (κ1) is 14.9. The normalized spacial score (nSPS) is 22.2. The van der Waals surface area contributed by atoms with Crippen LogP contribution in [0.5, 0.6) is 0 Å². The van der Waals surface area contributed by atoms with Crippen LogP contribution in [0.4, 0.5) is 0 Å². The molecular formula is C16H26N2S. The van der Waals surface area contributed by atoms with E-state index in [0.29, 0.717) is 5.25 Å². The number of hydrogen-bond donors (Lipinski definition) is 2. The molecule has 1 aliphatic rings. The lowest BCUT2D eigenvalue weighted by atomic mass is 9.86. The number of nitrogens with one attached hydrogen (secondary N) is 1. The molecule has 1 fully saturated rings. The van der Waals surface area contributed by atoms with Gasteiger partial charge in [-0.3, -0.25) is 11.3 Å². The van der Waals surface area contributed by atoms with Gasteiger partial charge in [0.2, 0.25) is 0 Å². The lowest BCUT2D eigenvalue weighted by Gasteiger charge is -2.30. The van der Waals surface area contributed by atoms with Crippen LogP contribution in [0, 0.1) is 0 Å². The molecule has 0 bridgehead atoms. The molecule has 106 valence electrons. The van der Waals surface area contributed by atoms with Crippen LogP contribution in [0.15, 0.2) is 24.3 Å². The highest BCUT2D eigenvalue weighted by Gasteiger charge is 2.25. The van der Waals surface area contributed by atoms with Crippen molar-refractivity contribution in [1.29, 1.82) is 0 Å². The van der Waals surface area contributed by atoms with Gasteiger partial charge in [0.05, 0.1) is 6.04 Å². The number of hydrogen-bond acceptors (Lipinski definition) is 3. The minimum Gasteiger partial charge on any atom is -0.271 e. The van der Waals surface area contributed by atoms with Crippen molar-refractivity contribution in [1.82, 2.24) is 5.43 Å². The molecule has 0 spiro atoms. The van der Waals surface area contributed by atoms with Gasteiger partial charge in [0, 0.05) is 5.25 Å². The Labute approximate surface area is 121 Å². The Hall–Kier alpha value is -0.510. The van der Waals surface area contributed by atoms with E-state index in [4.69, 9.17) is 5.84 Å². The third-order valence-corrected chi connectivity index (χ3v) is 5.36. The highest BCUT2D eigenvalue weighted by atomic mass is 32.2. The minimum absolute atomic E-state index is 0.212. The van der Waals surface area contributed by atoms with Crippen LogP contribution in [0.3, 0.4) is 0 Å². The molecular weight excluding hydrogens is 252 g/mol. The van der Waals surface area contributed by atoms with Gasteiger partial charge in [0.25, 0.3) is 0 Å². The van der Waals surface area contributed by atoms with E-state index >= 15 is 0 Å². The van der Waals surface area contributed by atoms with E-state index in [2.05, 4.69) is 62.2 Å². The summed E-state index contributed by atoms with van der Waals surface area (Å²) in [6.45, 7) is 6.74. The number of thioether (sulfide) groups is 1. The summed E-state index contributed by atoms with van der Waals surface area (Å²) in [4.78, 5) is 0. The first-order valence-electron chi connectivity index (χ1n) is 7.20. The van der Waals surface area contributed by atoms with Crippen molar-refractivity contribution in [3.8, 4) is 0 Å². The number of rotatable bonds is 3. The number of benzene rings is 1. The quantitative estimate of drug-likeness (QED) is 0.653. The van der Waals surface area contributed by atoms with Gasteiger partial charge in [-0.15, -0.1) is 0 Å². The molecule has 3 N–H and O–H groups in total. The maximum atomic E-state index is 5.80. The molecule has 2 nitrogen and oxygen atoms in total. The van der Waals surface area contributed by atoms with Crippen LogP contribution in [0.25, 0.3) is 0 Å². The summed E-state index contributed by atoms with van der Waals surface area (Å²) in [5, 5.41) is 0.610. The van der Waals surface area contributed by atoms with Crippen molar-refractivity contribution < 1.29 is 0 Å². The van der Waals surface area contributed by atoms with Crippen LogP contribution in [0.2, 0.25) is 0 Å². The van der Waals surface area contributed by atoms with Crippen LogP contribution < -0.4 is 11.3 Å². The van der Waals surface area contributed by atoms with E-state index in [-0.39, 0.29) is 11.5 Å². The smallest absolute Gasteiger partial charge is 0.0578 e. The molecule has 0 aromatic heterocycles. The fraction of sp³-hybridized carbons (Fsp3) is 0.625. The molecule has 1 aromatic carbocycles.